The smallest absolute Gasteiger partial charge is 0.175 e. The quantitative estimate of drug-likeness (QED) is 0.810. The van der Waals surface area contributed by atoms with E-state index < -0.39 is 5.54 Å². The summed E-state index contributed by atoms with van der Waals surface area (Å²) in [6.07, 6.45) is 0. The summed E-state index contributed by atoms with van der Waals surface area (Å²) in [5.41, 5.74) is 0.850. The van der Waals surface area contributed by atoms with Gasteiger partial charge in [0.15, 0.2) is 5.84 Å². The molecule has 0 saturated heterocycles. The van der Waals surface area contributed by atoms with Crippen LogP contribution in [0.4, 0.5) is 0 Å². The lowest BCUT2D eigenvalue weighted by Gasteiger charge is -2.36. The van der Waals surface area contributed by atoms with Crippen LogP contribution >= 0.6 is 0 Å². The molecule has 0 aromatic carbocycles. The summed E-state index contributed by atoms with van der Waals surface area (Å²) in [4.78, 5) is 9.00. The normalized spacial score (nSPS) is 21.5. The van der Waals surface area contributed by atoms with Crippen LogP contribution in [0, 0.1) is 6.92 Å². The highest BCUT2D eigenvalue weighted by Crippen LogP contribution is 2.37. The molecule has 0 amide bonds. The number of aryl methyl sites for hydroxylation is 1. The molecule has 17 heavy (non-hydrogen) atoms. The Morgan fingerprint density at radius 1 is 1.18 bits per heavy atom. The van der Waals surface area contributed by atoms with Gasteiger partial charge in [0.25, 0.3) is 0 Å². The highest BCUT2D eigenvalue weighted by atomic mass is 16.5. The fourth-order valence-corrected chi connectivity index (χ4v) is 1.81. The molecule has 0 atom stereocenters. The van der Waals surface area contributed by atoms with E-state index in [0.29, 0.717) is 11.5 Å². The van der Waals surface area contributed by atoms with Crippen LogP contribution in [0.1, 0.15) is 39.1 Å². The Kier molecular flexibility index (Phi) is 2.51. The van der Waals surface area contributed by atoms with Crippen molar-refractivity contribution in [3.8, 4) is 0 Å². The molecule has 0 bridgehead atoms. The lowest BCUT2D eigenvalue weighted by Crippen LogP contribution is -2.51. The van der Waals surface area contributed by atoms with Gasteiger partial charge in [-0.1, -0.05) is 6.07 Å². The highest BCUT2D eigenvalue weighted by molar-refractivity contribution is 5.98. The molecule has 4 heteroatoms. The number of nitrogens with zero attached hydrogens (tertiary/aromatic N) is 3. The second kappa shape index (κ2) is 3.53. The Bertz CT molecular complexity index is 477. The number of aliphatic imine (C=N–C) groups is 1. The third-order valence-electron chi connectivity index (χ3n) is 3.73. The molecule has 0 saturated carbocycles. The van der Waals surface area contributed by atoms with Gasteiger partial charge in [0, 0.05) is 5.69 Å². The number of hydroxylamine groups is 2. The molecule has 0 unspecified atom stereocenters. The summed E-state index contributed by atoms with van der Waals surface area (Å²) in [5.74, 6) is 0.545. The zero-order valence-electron chi connectivity index (χ0n) is 11.0. The molecule has 0 fully saturated rings. The van der Waals surface area contributed by atoms with Gasteiger partial charge in [-0.05, 0) is 46.8 Å². The fraction of sp³-hybridized carbons (Fsp3) is 0.538. The molecule has 4 nitrogen and oxygen atoms in total. The molecule has 1 N–H and O–H groups in total. The molecular formula is C13H19N3O. The number of aromatic nitrogens is 1. The summed E-state index contributed by atoms with van der Waals surface area (Å²) in [6.45, 7) is 9.90. The lowest BCUT2D eigenvalue weighted by molar-refractivity contribution is -0.0993. The molecule has 0 spiro atoms. The summed E-state index contributed by atoms with van der Waals surface area (Å²) >= 11 is 0. The first-order valence-electron chi connectivity index (χ1n) is 5.79. The van der Waals surface area contributed by atoms with Crippen LogP contribution in [-0.4, -0.2) is 32.2 Å². The Labute approximate surface area is 102 Å². The largest absolute Gasteiger partial charge is 0.286 e. The first kappa shape index (κ1) is 12.0. The van der Waals surface area contributed by atoms with Crippen LogP contribution in [-0.2, 0) is 0 Å². The molecule has 2 heterocycles. The standard InChI is InChI=1S/C13H19N3O/c1-9-7-6-8-10(14-9)11-15-12(2,3)13(4,5)16(11)17/h6-8,17H,1-5H3. The molecule has 1 aliphatic rings. The van der Waals surface area contributed by atoms with Crippen LogP contribution in [0.5, 0.6) is 0 Å². The van der Waals surface area contributed by atoms with Gasteiger partial charge in [0.1, 0.15) is 5.69 Å². The van der Waals surface area contributed by atoms with Gasteiger partial charge in [-0.25, -0.2) is 10.0 Å². The first-order chi connectivity index (χ1) is 7.75. The van der Waals surface area contributed by atoms with Crippen molar-refractivity contribution < 1.29 is 5.21 Å². The van der Waals surface area contributed by atoms with Gasteiger partial charge in [-0.3, -0.25) is 10.2 Å². The van der Waals surface area contributed by atoms with Crippen molar-refractivity contribution in [2.24, 2.45) is 4.99 Å². The molecule has 92 valence electrons. The molecule has 1 aromatic heterocycles. The predicted octanol–water partition coefficient (Wildman–Crippen LogP) is 2.40. The maximum atomic E-state index is 10.3. The van der Waals surface area contributed by atoms with Crippen molar-refractivity contribution in [2.45, 2.75) is 45.7 Å². The minimum absolute atomic E-state index is 0.345. The summed E-state index contributed by atoms with van der Waals surface area (Å²) < 4.78 is 0. The summed E-state index contributed by atoms with van der Waals surface area (Å²) in [7, 11) is 0. The van der Waals surface area contributed by atoms with Crippen LogP contribution in [0.25, 0.3) is 0 Å². The SMILES string of the molecule is Cc1cccc(C2=NC(C)(C)C(C)(C)N2O)n1. The van der Waals surface area contributed by atoms with E-state index in [4.69, 9.17) is 0 Å². The van der Waals surface area contributed by atoms with E-state index in [9.17, 15) is 5.21 Å². The van der Waals surface area contributed by atoms with E-state index >= 15 is 0 Å². The third-order valence-corrected chi connectivity index (χ3v) is 3.73. The lowest BCUT2D eigenvalue weighted by atomic mass is 9.84. The Morgan fingerprint density at radius 2 is 1.82 bits per heavy atom. The van der Waals surface area contributed by atoms with Crippen molar-refractivity contribution in [3.63, 3.8) is 0 Å². The highest BCUT2D eigenvalue weighted by Gasteiger charge is 2.49. The van der Waals surface area contributed by atoms with Gasteiger partial charge in [0.05, 0.1) is 11.1 Å². The van der Waals surface area contributed by atoms with Crippen molar-refractivity contribution in [2.75, 3.05) is 0 Å². The molecular weight excluding hydrogens is 214 g/mol. The number of pyridine rings is 1. The molecule has 2 rings (SSSR count). The van der Waals surface area contributed by atoms with Crippen molar-refractivity contribution in [1.29, 1.82) is 0 Å². The third kappa shape index (κ3) is 1.72. The molecule has 1 aromatic rings. The van der Waals surface area contributed by atoms with Crippen LogP contribution < -0.4 is 0 Å². The number of amidine groups is 1. The molecule has 0 radical (unpaired) electrons. The van der Waals surface area contributed by atoms with Crippen molar-refractivity contribution in [1.82, 2.24) is 10.0 Å². The minimum atomic E-state index is -0.437. The van der Waals surface area contributed by atoms with Gasteiger partial charge < -0.3 is 0 Å². The second-order valence-electron chi connectivity index (χ2n) is 5.53. The maximum absolute atomic E-state index is 10.3. The van der Waals surface area contributed by atoms with E-state index in [2.05, 4.69) is 9.98 Å². The zero-order valence-corrected chi connectivity index (χ0v) is 11.0. The fourth-order valence-electron chi connectivity index (χ4n) is 1.81. The van der Waals surface area contributed by atoms with Crippen LogP contribution in [0.2, 0.25) is 0 Å². The van der Waals surface area contributed by atoms with Crippen LogP contribution in [0.15, 0.2) is 23.2 Å². The minimum Gasteiger partial charge on any atom is -0.286 e. The monoisotopic (exact) mass is 233 g/mol. The average Bonchev–Trinajstić information content (AvgIpc) is 2.39. The number of hydrogen-bond acceptors (Lipinski definition) is 4. The molecule has 0 aliphatic carbocycles. The topological polar surface area (TPSA) is 48.7 Å². The Balaban J connectivity index is 2.49. The summed E-state index contributed by atoms with van der Waals surface area (Å²) in [6, 6.07) is 5.72. The van der Waals surface area contributed by atoms with E-state index in [0.717, 1.165) is 5.69 Å². The number of rotatable bonds is 1. The predicted molar refractivity (Wildman–Crippen MR) is 67.3 cm³/mol. The van der Waals surface area contributed by atoms with Gasteiger partial charge in [0.2, 0.25) is 0 Å². The summed E-state index contributed by atoms with van der Waals surface area (Å²) in [5, 5.41) is 11.5. The second-order valence-corrected chi connectivity index (χ2v) is 5.53. The van der Waals surface area contributed by atoms with E-state index in [1.807, 2.05) is 52.8 Å². The maximum Gasteiger partial charge on any atom is 0.175 e. The Morgan fingerprint density at radius 3 is 2.29 bits per heavy atom. The van der Waals surface area contributed by atoms with Gasteiger partial charge in [-0.15, -0.1) is 0 Å². The Hall–Kier alpha value is -1.42. The molecule has 1 aliphatic heterocycles. The van der Waals surface area contributed by atoms with Crippen LogP contribution in [0.3, 0.4) is 0 Å². The van der Waals surface area contributed by atoms with E-state index in [1.165, 1.54) is 5.06 Å². The number of hydrogen-bond donors (Lipinski definition) is 1. The van der Waals surface area contributed by atoms with E-state index in [-0.39, 0.29) is 5.54 Å². The van der Waals surface area contributed by atoms with Crippen molar-refractivity contribution >= 4 is 5.84 Å². The van der Waals surface area contributed by atoms with Gasteiger partial charge >= 0.3 is 0 Å². The first-order valence-corrected chi connectivity index (χ1v) is 5.79. The van der Waals surface area contributed by atoms with Crippen molar-refractivity contribution in [3.05, 3.63) is 29.6 Å². The zero-order chi connectivity index (χ0) is 12.8. The average molecular weight is 233 g/mol. The van der Waals surface area contributed by atoms with Gasteiger partial charge in [-0.2, -0.15) is 0 Å². The van der Waals surface area contributed by atoms with E-state index in [1.54, 1.807) is 0 Å².